The molecule has 0 aliphatic heterocycles. The maximum atomic E-state index is 13.4. The highest BCUT2D eigenvalue weighted by molar-refractivity contribution is 5.80. The molecule has 0 aliphatic carbocycles. The Kier molecular flexibility index (Phi) is 7.31. The van der Waals surface area contributed by atoms with E-state index in [-0.39, 0.29) is 11.1 Å². The van der Waals surface area contributed by atoms with E-state index < -0.39 is 0 Å². The molecule has 2 heterocycles. The number of rotatable bonds is 9. The zero-order chi connectivity index (χ0) is 27.3. The minimum Gasteiger partial charge on any atom is -0.292 e. The second-order valence-corrected chi connectivity index (χ2v) is 9.96. The topological polar surface area (TPSA) is 69.8 Å². The van der Waals surface area contributed by atoms with Crippen LogP contribution in [0.25, 0.3) is 44.6 Å². The fraction of sp³-hybridized carbons (Fsp3) is 0.176. The van der Waals surface area contributed by atoms with E-state index in [1.54, 1.807) is 0 Å². The Balaban J connectivity index is 1.18. The molecule has 0 aliphatic rings. The van der Waals surface area contributed by atoms with Crippen molar-refractivity contribution in [2.45, 2.75) is 38.8 Å². The van der Waals surface area contributed by atoms with Crippen molar-refractivity contribution in [1.29, 1.82) is 0 Å². The van der Waals surface area contributed by atoms with E-state index in [0.717, 1.165) is 36.8 Å². The lowest BCUT2D eigenvalue weighted by molar-refractivity contribution is 0.530. The Bertz CT molecular complexity index is 1750. The Morgan fingerprint density at radius 1 is 0.450 bits per heavy atom. The minimum absolute atomic E-state index is 0.00857. The van der Waals surface area contributed by atoms with Gasteiger partial charge in [0.25, 0.3) is 11.1 Å². The summed E-state index contributed by atoms with van der Waals surface area (Å²) in [6, 6.07) is 34.8. The van der Waals surface area contributed by atoms with Crippen molar-refractivity contribution < 1.29 is 0 Å². The normalized spacial score (nSPS) is 11.3. The summed E-state index contributed by atoms with van der Waals surface area (Å²) in [5.74, 6) is 1.40. The van der Waals surface area contributed by atoms with Crippen LogP contribution in [0.1, 0.15) is 25.7 Å². The summed E-state index contributed by atoms with van der Waals surface area (Å²) in [7, 11) is 0. The summed E-state index contributed by atoms with van der Waals surface area (Å²) in [6.07, 6.45) is 3.56. The third kappa shape index (κ3) is 5.08. The summed E-state index contributed by atoms with van der Waals surface area (Å²) in [5.41, 5.74) is 3.28. The number of benzene rings is 4. The third-order valence-corrected chi connectivity index (χ3v) is 7.30. The van der Waals surface area contributed by atoms with Crippen molar-refractivity contribution in [3.05, 3.63) is 130 Å². The zero-order valence-electron chi connectivity index (χ0n) is 22.2. The molecule has 6 heteroatoms. The molecule has 4 aromatic carbocycles. The number of unbranched alkanes of at least 4 members (excludes halogenated alkanes) is 3. The molecule has 0 saturated carbocycles. The van der Waals surface area contributed by atoms with Gasteiger partial charge >= 0.3 is 0 Å². The first kappa shape index (κ1) is 25.4. The van der Waals surface area contributed by atoms with Crippen molar-refractivity contribution in [3.63, 3.8) is 0 Å². The van der Waals surface area contributed by atoms with Gasteiger partial charge in [0.15, 0.2) is 0 Å². The zero-order valence-corrected chi connectivity index (χ0v) is 22.2. The quantitative estimate of drug-likeness (QED) is 0.197. The number of para-hydroxylation sites is 2. The molecular formula is C34H30N4O2. The first-order valence-electron chi connectivity index (χ1n) is 13.8. The van der Waals surface area contributed by atoms with Crippen molar-refractivity contribution in [1.82, 2.24) is 19.1 Å². The first-order chi connectivity index (χ1) is 19.7. The molecule has 198 valence electrons. The molecule has 0 amide bonds. The maximum Gasteiger partial charge on any atom is 0.261 e. The van der Waals surface area contributed by atoms with Crippen LogP contribution in [-0.2, 0) is 13.1 Å². The van der Waals surface area contributed by atoms with Crippen LogP contribution in [0, 0.1) is 0 Å². The Morgan fingerprint density at radius 3 is 1.25 bits per heavy atom. The van der Waals surface area contributed by atoms with Crippen LogP contribution in [-0.4, -0.2) is 19.1 Å². The van der Waals surface area contributed by atoms with Gasteiger partial charge in [0.2, 0.25) is 0 Å². The Hall–Kier alpha value is -4.84. The van der Waals surface area contributed by atoms with E-state index in [4.69, 9.17) is 9.97 Å². The standard InChI is InChI=1S/C34H30N4O2/c39-33-27-19-9-11-21-29(27)35-31(25-15-5-3-6-16-25)37(33)23-13-1-2-14-24-38-32(26-17-7-4-8-18-26)36-30-22-12-10-20-28(30)34(38)40/h3-12,15-22H,1-2,13-14,23-24H2. The first-order valence-corrected chi connectivity index (χ1v) is 13.8. The van der Waals surface area contributed by atoms with Crippen molar-refractivity contribution >= 4 is 21.8 Å². The molecule has 0 bridgehead atoms. The predicted octanol–water partition coefficient (Wildman–Crippen LogP) is 6.70. The SMILES string of the molecule is O=c1c2ccccc2nc(-c2ccccc2)n1CCCCCCn1c(-c2ccccc2)nc2ccccc2c1=O. The summed E-state index contributed by atoms with van der Waals surface area (Å²) < 4.78 is 3.62. The molecule has 0 radical (unpaired) electrons. The van der Waals surface area contributed by atoms with Gasteiger partial charge in [-0.2, -0.15) is 0 Å². The molecule has 0 atom stereocenters. The number of aromatic nitrogens is 4. The predicted molar refractivity (Wildman–Crippen MR) is 161 cm³/mol. The van der Waals surface area contributed by atoms with Crippen LogP contribution >= 0.6 is 0 Å². The average Bonchev–Trinajstić information content (AvgIpc) is 3.01. The van der Waals surface area contributed by atoms with Crippen LogP contribution in [0.2, 0.25) is 0 Å². The number of hydrogen-bond donors (Lipinski definition) is 0. The molecule has 0 fully saturated rings. The van der Waals surface area contributed by atoms with Gasteiger partial charge in [0.1, 0.15) is 11.6 Å². The van der Waals surface area contributed by atoms with Gasteiger partial charge in [-0.25, -0.2) is 9.97 Å². The van der Waals surface area contributed by atoms with Crippen LogP contribution in [0.5, 0.6) is 0 Å². The van der Waals surface area contributed by atoms with Crippen LogP contribution in [0.3, 0.4) is 0 Å². The monoisotopic (exact) mass is 526 g/mol. The number of nitrogens with zero attached hydrogens (tertiary/aromatic N) is 4. The Morgan fingerprint density at radius 2 is 0.825 bits per heavy atom. The third-order valence-electron chi connectivity index (χ3n) is 7.30. The fourth-order valence-electron chi connectivity index (χ4n) is 5.26. The van der Waals surface area contributed by atoms with Crippen LogP contribution in [0.4, 0.5) is 0 Å². The average molecular weight is 527 g/mol. The van der Waals surface area contributed by atoms with E-state index in [9.17, 15) is 9.59 Å². The van der Waals surface area contributed by atoms with Crippen LogP contribution < -0.4 is 11.1 Å². The van der Waals surface area contributed by atoms with Gasteiger partial charge in [-0.15, -0.1) is 0 Å². The maximum absolute atomic E-state index is 13.4. The van der Waals surface area contributed by atoms with Crippen LogP contribution in [0.15, 0.2) is 119 Å². The molecular weight excluding hydrogens is 496 g/mol. The second-order valence-electron chi connectivity index (χ2n) is 9.96. The lowest BCUT2D eigenvalue weighted by Gasteiger charge is -2.15. The number of hydrogen-bond acceptors (Lipinski definition) is 4. The summed E-state index contributed by atoms with van der Waals surface area (Å²) in [5, 5.41) is 1.28. The van der Waals surface area contributed by atoms with E-state index in [1.165, 1.54) is 0 Å². The van der Waals surface area contributed by atoms with Crippen molar-refractivity contribution in [3.8, 4) is 22.8 Å². The molecule has 40 heavy (non-hydrogen) atoms. The fourth-order valence-corrected chi connectivity index (χ4v) is 5.26. The molecule has 0 spiro atoms. The highest BCUT2D eigenvalue weighted by Crippen LogP contribution is 2.21. The van der Waals surface area contributed by atoms with Crippen molar-refractivity contribution in [2.24, 2.45) is 0 Å². The van der Waals surface area contributed by atoms with E-state index >= 15 is 0 Å². The van der Waals surface area contributed by atoms with Gasteiger partial charge in [-0.05, 0) is 37.1 Å². The highest BCUT2D eigenvalue weighted by atomic mass is 16.1. The lowest BCUT2D eigenvalue weighted by Crippen LogP contribution is -2.24. The van der Waals surface area contributed by atoms with Gasteiger partial charge in [0, 0.05) is 24.2 Å². The molecule has 0 unspecified atom stereocenters. The lowest BCUT2D eigenvalue weighted by atomic mass is 10.1. The summed E-state index contributed by atoms with van der Waals surface area (Å²) in [4.78, 5) is 36.5. The van der Waals surface area contributed by atoms with E-state index in [2.05, 4.69) is 0 Å². The summed E-state index contributed by atoms with van der Waals surface area (Å²) in [6.45, 7) is 1.18. The van der Waals surface area contributed by atoms with Gasteiger partial charge in [-0.3, -0.25) is 18.7 Å². The molecule has 2 aromatic heterocycles. The molecule has 6 rings (SSSR count). The molecule has 6 aromatic rings. The molecule has 6 nitrogen and oxygen atoms in total. The summed E-state index contributed by atoms with van der Waals surface area (Å²) >= 11 is 0. The van der Waals surface area contributed by atoms with E-state index in [1.807, 2.05) is 118 Å². The van der Waals surface area contributed by atoms with Gasteiger partial charge < -0.3 is 0 Å². The smallest absolute Gasteiger partial charge is 0.261 e. The highest BCUT2D eigenvalue weighted by Gasteiger charge is 2.14. The molecule has 0 N–H and O–H groups in total. The Labute approximate surface area is 232 Å². The minimum atomic E-state index is -0.00857. The van der Waals surface area contributed by atoms with E-state index in [0.29, 0.717) is 46.5 Å². The van der Waals surface area contributed by atoms with Gasteiger partial charge in [0.05, 0.1) is 21.8 Å². The molecule has 0 saturated heterocycles. The number of fused-ring (bicyclic) bond motifs is 2. The van der Waals surface area contributed by atoms with Crippen molar-refractivity contribution in [2.75, 3.05) is 0 Å². The second kappa shape index (κ2) is 11.5. The van der Waals surface area contributed by atoms with Gasteiger partial charge in [-0.1, -0.05) is 97.8 Å². The largest absolute Gasteiger partial charge is 0.292 e.